The Morgan fingerprint density at radius 2 is 1.86 bits per heavy atom. The van der Waals surface area contributed by atoms with Gasteiger partial charge in [-0.2, -0.15) is 0 Å². The summed E-state index contributed by atoms with van der Waals surface area (Å²) in [6, 6.07) is 0. The Morgan fingerprint density at radius 1 is 1.18 bits per heavy atom. The Balaban J connectivity index is 2.60. The fraction of sp³-hybridized carbons (Fsp3) is 0.600. The molecule has 0 saturated carbocycles. The number of hydrogen-bond donors (Lipinski definition) is 0. The van der Waals surface area contributed by atoms with Crippen LogP contribution in [0.1, 0.15) is 47.5 Å². The molecule has 2 heteroatoms. The second-order valence-electron chi connectivity index (χ2n) is 8.38. The first-order chi connectivity index (χ1) is 10.1. The molecule has 22 heavy (non-hydrogen) atoms. The highest BCUT2D eigenvalue weighted by Gasteiger charge is 2.54. The van der Waals surface area contributed by atoms with Gasteiger partial charge in [0.25, 0.3) is 0 Å². The van der Waals surface area contributed by atoms with E-state index in [1.807, 2.05) is 0 Å². The lowest BCUT2D eigenvalue weighted by molar-refractivity contribution is -0.0158. The van der Waals surface area contributed by atoms with Crippen molar-refractivity contribution in [1.29, 1.82) is 0 Å². The first-order valence-electron chi connectivity index (χ1n) is 8.54. The van der Waals surface area contributed by atoms with E-state index in [1.54, 1.807) is 5.20 Å². The molecule has 0 aliphatic heterocycles. The third-order valence-corrected chi connectivity index (χ3v) is 9.41. The van der Waals surface area contributed by atoms with E-state index < -0.39 is 8.07 Å². The van der Waals surface area contributed by atoms with Crippen LogP contribution in [0.5, 0.6) is 0 Å². The van der Waals surface area contributed by atoms with Crippen molar-refractivity contribution in [1.82, 2.24) is 0 Å². The molecule has 0 aromatic rings. The summed E-state index contributed by atoms with van der Waals surface area (Å²) in [6.07, 6.45) is 16.2. The lowest BCUT2D eigenvalue weighted by Crippen LogP contribution is -2.61. The fourth-order valence-electron chi connectivity index (χ4n) is 3.91. The second-order valence-corrected chi connectivity index (χ2v) is 13.0. The van der Waals surface area contributed by atoms with Crippen molar-refractivity contribution in [3.05, 3.63) is 47.2 Å². The summed E-state index contributed by atoms with van der Waals surface area (Å²) < 4.78 is 6.76. The molecule has 0 aromatic carbocycles. The van der Waals surface area contributed by atoms with Crippen LogP contribution in [-0.2, 0) is 4.74 Å². The van der Waals surface area contributed by atoms with E-state index in [2.05, 4.69) is 84.2 Å². The van der Waals surface area contributed by atoms with Crippen LogP contribution in [0.15, 0.2) is 47.2 Å². The van der Waals surface area contributed by atoms with Crippen molar-refractivity contribution >= 4 is 8.07 Å². The number of rotatable bonds is 4. The largest absolute Gasteiger partial charge is 0.371 e. The monoisotopic (exact) mass is 316 g/mol. The van der Waals surface area contributed by atoms with Gasteiger partial charge in [-0.15, -0.1) is 0 Å². The summed E-state index contributed by atoms with van der Waals surface area (Å²) in [4.78, 5) is 0. The quantitative estimate of drug-likeness (QED) is 0.599. The fourth-order valence-corrected chi connectivity index (χ4v) is 7.83. The van der Waals surface area contributed by atoms with Gasteiger partial charge in [-0.25, -0.2) is 0 Å². The minimum Gasteiger partial charge on any atom is -0.371 e. The molecule has 1 unspecified atom stereocenters. The molecule has 1 atom stereocenters. The van der Waals surface area contributed by atoms with Gasteiger partial charge in [-0.3, -0.25) is 0 Å². The maximum absolute atomic E-state index is 6.76. The highest BCUT2D eigenvalue weighted by molar-refractivity contribution is 6.88. The van der Waals surface area contributed by atoms with E-state index in [0.29, 0.717) is 0 Å². The van der Waals surface area contributed by atoms with E-state index >= 15 is 0 Å². The smallest absolute Gasteiger partial charge is 0.122 e. The van der Waals surface area contributed by atoms with Gasteiger partial charge in [0.15, 0.2) is 0 Å². The standard InChI is InChI=1S/C20H32OSi/c1-16(2)21-20(22(6,7)17-12-8-9-13-17)15-11-10-14-18(20)19(3,4)5/h8,10-14,16H,9,15H2,1-7H3. The van der Waals surface area contributed by atoms with Gasteiger partial charge in [-0.05, 0) is 37.7 Å². The van der Waals surface area contributed by atoms with Crippen LogP contribution >= 0.6 is 0 Å². The first kappa shape index (κ1) is 17.5. The molecule has 0 saturated heterocycles. The molecule has 0 N–H and O–H groups in total. The zero-order valence-corrected chi connectivity index (χ0v) is 16.4. The normalized spacial score (nSPS) is 25.6. The van der Waals surface area contributed by atoms with Crippen molar-refractivity contribution in [2.75, 3.05) is 0 Å². The molecular formula is C20H32OSi. The van der Waals surface area contributed by atoms with Crippen LogP contribution in [0.4, 0.5) is 0 Å². The van der Waals surface area contributed by atoms with E-state index in [9.17, 15) is 0 Å². The predicted octanol–water partition coefficient (Wildman–Crippen LogP) is 5.76. The summed E-state index contributed by atoms with van der Waals surface area (Å²) in [5.41, 5.74) is 1.58. The summed E-state index contributed by atoms with van der Waals surface area (Å²) in [5.74, 6) is 0. The molecule has 0 bridgehead atoms. The molecular weight excluding hydrogens is 284 g/mol. The van der Waals surface area contributed by atoms with Crippen molar-refractivity contribution in [2.45, 2.75) is 71.9 Å². The van der Waals surface area contributed by atoms with Gasteiger partial charge in [0.1, 0.15) is 8.07 Å². The third kappa shape index (κ3) is 2.96. The van der Waals surface area contributed by atoms with Gasteiger partial charge < -0.3 is 4.74 Å². The molecule has 2 aliphatic rings. The number of hydrogen-bond acceptors (Lipinski definition) is 1. The topological polar surface area (TPSA) is 9.23 Å². The Labute approximate surface area is 137 Å². The summed E-state index contributed by atoms with van der Waals surface area (Å²) in [5, 5.41) is 1.40. The van der Waals surface area contributed by atoms with Gasteiger partial charge in [-0.1, -0.05) is 75.5 Å². The zero-order chi connectivity index (χ0) is 16.6. The van der Waals surface area contributed by atoms with Gasteiger partial charge in [0, 0.05) is 0 Å². The third-order valence-electron chi connectivity index (χ3n) is 4.99. The highest BCUT2D eigenvalue weighted by atomic mass is 28.3. The van der Waals surface area contributed by atoms with E-state index in [1.165, 1.54) is 5.57 Å². The average molecular weight is 317 g/mol. The molecule has 0 aromatic heterocycles. The summed E-state index contributed by atoms with van der Waals surface area (Å²) in [7, 11) is -1.82. The van der Waals surface area contributed by atoms with E-state index in [4.69, 9.17) is 4.74 Å². The minimum absolute atomic E-state index is 0.118. The predicted molar refractivity (Wildman–Crippen MR) is 99.6 cm³/mol. The maximum Gasteiger partial charge on any atom is 0.122 e. The van der Waals surface area contributed by atoms with Crippen molar-refractivity contribution in [3.63, 3.8) is 0 Å². The molecule has 2 aliphatic carbocycles. The SMILES string of the molecule is CC(C)OC1([Si](C)(C)C2=CCC=C2)CC=CC=C1C(C)(C)C. The zero-order valence-electron chi connectivity index (χ0n) is 15.4. The number of allylic oxidation sites excluding steroid dienone is 6. The van der Waals surface area contributed by atoms with Crippen LogP contribution in [0, 0.1) is 5.41 Å². The Morgan fingerprint density at radius 3 is 2.36 bits per heavy atom. The molecule has 122 valence electrons. The van der Waals surface area contributed by atoms with Crippen LogP contribution in [0.2, 0.25) is 13.1 Å². The Hall–Kier alpha value is -0.863. The Bertz CT molecular complexity index is 541. The van der Waals surface area contributed by atoms with Crippen molar-refractivity contribution in [2.24, 2.45) is 5.41 Å². The average Bonchev–Trinajstić information content (AvgIpc) is 2.91. The molecule has 0 fully saturated rings. The van der Waals surface area contributed by atoms with Crippen LogP contribution in [0.3, 0.4) is 0 Å². The van der Waals surface area contributed by atoms with Crippen LogP contribution in [-0.4, -0.2) is 19.4 Å². The van der Waals surface area contributed by atoms with Gasteiger partial charge in [0.05, 0.1) is 11.3 Å². The first-order valence-corrected chi connectivity index (χ1v) is 11.5. The minimum atomic E-state index is -1.82. The number of ether oxygens (including phenoxy) is 1. The summed E-state index contributed by atoms with van der Waals surface area (Å²) >= 11 is 0. The molecule has 0 amide bonds. The maximum atomic E-state index is 6.76. The summed E-state index contributed by atoms with van der Waals surface area (Å²) in [6.45, 7) is 16.3. The van der Waals surface area contributed by atoms with Crippen molar-refractivity contribution in [3.8, 4) is 0 Å². The lowest BCUT2D eigenvalue weighted by atomic mass is 9.79. The van der Waals surface area contributed by atoms with Crippen LogP contribution < -0.4 is 0 Å². The second kappa shape index (κ2) is 5.97. The van der Waals surface area contributed by atoms with E-state index in [-0.39, 0.29) is 16.7 Å². The molecule has 0 radical (unpaired) electrons. The molecule has 0 heterocycles. The highest BCUT2D eigenvalue weighted by Crippen LogP contribution is 2.49. The van der Waals surface area contributed by atoms with Gasteiger partial charge in [0.2, 0.25) is 0 Å². The van der Waals surface area contributed by atoms with Gasteiger partial charge >= 0.3 is 0 Å². The molecule has 2 rings (SSSR count). The Kier molecular flexibility index (Phi) is 4.75. The molecule has 1 nitrogen and oxygen atoms in total. The lowest BCUT2D eigenvalue weighted by Gasteiger charge is -2.52. The van der Waals surface area contributed by atoms with Crippen molar-refractivity contribution < 1.29 is 4.74 Å². The van der Waals surface area contributed by atoms with E-state index in [0.717, 1.165) is 12.8 Å². The van der Waals surface area contributed by atoms with Crippen LogP contribution in [0.25, 0.3) is 0 Å². The molecule has 0 spiro atoms.